The molecule has 2 aromatic carbocycles. The molecule has 3 aromatic rings. The fraction of sp³-hybridized carbons (Fsp3) is 0. The van der Waals surface area contributed by atoms with Gasteiger partial charge in [-0.3, -0.25) is 0 Å². The van der Waals surface area contributed by atoms with Crippen molar-refractivity contribution in [2.75, 3.05) is 0 Å². The molecule has 0 fully saturated rings. The van der Waals surface area contributed by atoms with Crippen LogP contribution in [0.4, 0.5) is 0 Å². The molecule has 0 aliphatic rings. The maximum atomic E-state index is 4.58. The minimum absolute atomic E-state index is 0.985. The minimum atomic E-state index is 0.985. The molecule has 0 aliphatic heterocycles. The van der Waals surface area contributed by atoms with Crippen LogP contribution in [0, 0.1) is 0 Å². The highest BCUT2D eigenvalue weighted by molar-refractivity contribution is 9.10. The van der Waals surface area contributed by atoms with Crippen molar-refractivity contribution in [2.24, 2.45) is 0 Å². The highest BCUT2D eigenvalue weighted by atomic mass is 79.9. The van der Waals surface area contributed by atoms with E-state index >= 15 is 0 Å². The Morgan fingerprint density at radius 3 is 2.28 bits per heavy atom. The first kappa shape index (κ1) is 11.2. The zero-order valence-corrected chi connectivity index (χ0v) is 11.2. The number of benzene rings is 2. The predicted molar refractivity (Wildman–Crippen MR) is 76.7 cm³/mol. The molecule has 88 valence electrons. The van der Waals surface area contributed by atoms with Crippen LogP contribution in [0.1, 0.15) is 0 Å². The summed E-state index contributed by atoms with van der Waals surface area (Å²) in [5, 5.41) is 4.58. The van der Waals surface area contributed by atoms with Gasteiger partial charge in [0.05, 0.1) is 11.4 Å². The second-order valence-electron chi connectivity index (χ2n) is 3.99. The second kappa shape index (κ2) is 4.78. The van der Waals surface area contributed by atoms with Gasteiger partial charge in [-0.2, -0.15) is 5.10 Å². The van der Waals surface area contributed by atoms with Gasteiger partial charge in [-0.05, 0) is 30.3 Å². The van der Waals surface area contributed by atoms with E-state index in [2.05, 4.69) is 33.2 Å². The minimum Gasteiger partial charge on any atom is -0.240 e. The molecule has 0 unspecified atom stereocenters. The average Bonchev–Trinajstić information content (AvgIpc) is 2.90. The monoisotopic (exact) mass is 298 g/mol. The summed E-state index contributed by atoms with van der Waals surface area (Å²) < 4.78 is 2.95. The van der Waals surface area contributed by atoms with Crippen molar-refractivity contribution < 1.29 is 0 Å². The first-order valence-corrected chi connectivity index (χ1v) is 6.49. The van der Waals surface area contributed by atoms with E-state index in [0.29, 0.717) is 0 Å². The highest BCUT2D eigenvalue weighted by Gasteiger charge is 2.02. The SMILES string of the molecule is Brc1ccc(-n2ccc(-c3ccccc3)n2)cc1. The molecule has 0 amide bonds. The van der Waals surface area contributed by atoms with E-state index in [9.17, 15) is 0 Å². The van der Waals surface area contributed by atoms with E-state index in [1.165, 1.54) is 0 Å². The molecule has 2 nitrogen and oxygen atoms in total. The fourth-order valence-corrected chi connectivity index (χ4v) is 2.09. The Bertz CT molecular complexity index is 642. The van der Waals surface area contributed by atoms with E-state index in [4.69, 9.17) is 0 Å². The number of halogens is 1. The summed E-state index contributed by atoms with van der Waals surface area (Å²) in [5.74, 6) is 0. The van der Waals surface area contributed by atoms with Gasteiger partial charge in [0, 0.05) is 16.2 Å². The van der Waals surface area contributed by atoms with Crippen LogP contribution in [0.5, 0.6) is 0 Å². The smallest absolute Gasteiger partial charge is 0.0927 e. The van der Waals surface area contributed by atoms with Crippen LogP contribution >= 0.6 is 15.9 Å². The van der Waals surface area contributed by atoms with Crippen molar-refractivity contribution in [3.8, 4) is 16.9 Å². The van der Waals surface area contributed by atoms with Crippen LogP contribution in [-0.2, 0) is 0 Å². The summed E-state index contributed by atoms with van der Waals surface area (Å²) in [4.78, 5) is 0. The van der Waals surface area contributed by atoms with Crippen LogP contribution in [0.2, 0.25) is 0 Å². The Morgan fingerprint density at radius 2 is 1.56 bits per heavy atom. The van der Waals surface area contributed by atoms with Gasteiger partial charge in [-0.25, -0.2) is 4.68 Å². The van der Waals surface area contributed by atoms with Crippen molar-refractivity contribution in [2.45, 2.75) is 0 Å². The van der Waals surface area contributed by atoms with Gasteiger partial charge in [0.25, 0.3) is 0 Å². The van der Waals surface area contributed by atoms with Crippen molar-refractivity contribution in [1.29, 1.82) is 0 Å². The maximum absolute atomic E-state index is 4.58. The molecular weight excluding hydrogens is 288 g/mol. The Morgan fingerprint density at radius 1 is 0.833 bits per heavy atom. The van der Waals surface area contributed by atoms with Crippen molar-refractivity contribution >= 4 is 15.9 Å². The van der Waals surface area contributed by atoms with Gasteiger partial charge in [-0.15, -0.1) is 0 Å². The highest BCUT2D eigenvalue weighted by Crippen LogP contribution is 2.19. The largest absolute Gasteiger partial charge is 0.240 e. The van der Waals surface area contributed by atoms with E-state index < -0.39 is 0 Å². The molecule has 3 heteroatoms. The summed E-state index contributed by atoms with van der Waals surface area (Å²) in [6.07, 6.45) is 1.98. The summed E-state index contributed by atoms with van der Waals surface area (Å²) in [6.45, 7) is 0. The van der Waals surface area contributed by atoms with Gasteiger partial charge >= 0.3 is 0 Å². The molecule has 0 saturated carbocycles. The van der Waals surface area contributed by atoms with Crippen LogP contribution in [0.3, 0.4) is 0 Å². The Balaban J connectivity index is 1.97. The molecule has 0 saturated heterocycles. The normalized spacial score (nSPS) is 10.5. The molecule has 1 heterocycles. The van der Waals surface area contributed by atoms with Crippen LogP contribution in [-0.4, -0.2) is 9.78 Å². The zero-order chi connectivity index (χ0) is 12.4. The number of hydrogen-bond acceptors (Lipinski definition) is 1. The topological polar surface area (TPSA) is 17.8 Å². The Kier molecular flexibility index (Phi) is 2.99. The molecule has 3 rings (SSSR count). The molecule has 0 radical (unpaired) electrons. The van der Waals surface area contributed by atoms with E-state index in [-0.39, 0.29) is 0 Å². The van der Waals surface area contributed by atoms with Crippen molar-refractivity contribution in [3.05, 3.63) is 71.3 Å². The average molecular weight is 299 g/mol. The number of rotatable bonds is 2. The molecule has 0 N–H and O–H groups in total. The van der Waals surface area contributed by atoms with Crippen molar-refractivity contribution in [1.82, 2.24) is 9.78 Å². The molecule has 0 atom stereocenters. The summed E-state index contributed by atoms with van der Waals surface area (Å²) in [7, 11) is 0. The lowest BCUT2D eigenvalue weighted by molar-refractivity contribution is 0.884. The number of hydrogen-bond donors (Lipinski definition) is 0. The second-order valence-corrected chi connectivity index (χ2v) is 4.90. The van der Waals surface area contributed by atoms with Gasteiger partial charge in [0.15, 0.2) is 0 Å². The van der Waals surface area contributed by atoms with Crippen molar-refractivity contribution in [3.63, 3.8) is 0 Å². The molecule has 0 aliphatic carbocycles. The summed E-state index contributed by atoms with van der Waals surface area (Å²) in [5.41, 5.74) is 3.17. The Hall–Kier alpha value is -1.87. The fourth-order valence-electron chi connectivity index (χ4n) is 1.82. The lowest BCUT2D eigenvalue weighted by atomic mass is 10.2. The quantitative estimate of drug-likeness (QED) is 0.690. The standard InChI is InChI=1S/C15H11BrN2/c16-13-6-8-14(9-7-13)18-11-10-15(17-18)12-4-2-1-3-5-12/h1-11H. The predicted octanol–water partition coefficient (Wildman–Crippen LogP) is 4.30. The summed E-state index contributed by atoms with van der Waals surface area (Å²) in [6, 6.07) is 20.3. The third-order valence-corrected chi connectivity index (χ3v) is 3.28. The van der Waals surface area contributed by atoms with Gasteiger partial charge in [0.2, 0.25) is 0 Å². The first-order valence-electron chi connectivity index (χ1n) is 5.70. The number of aromatic nitrogens is 2. The maximum Gasteiger partial charge on any atom is 0.0927 e. The van der Waals surface area contributed by atoms with Crippen LogP contribution in [0.15, 0.2) is 71.3 Å². The van der Waals surface area contributed by atoms with Crippen LogP contribution in [0.25, 0.3) is 16.9 Å². The lowest BCUT2D eigenvalue weighted by Gasteiger charge is -2.01. The third-order valence-electron chi connectivity index (χ3n) is 2.75. The van der Waals surface area contributed by atoms with Gasteiger partial charge in [-0.1, -0.05) is 46.3 Å². The van der Waals surface area contributed by atoms with E-state index in [1.807, 2.05) is 59.4 Å². The molecule has 18 heavy (non-hydrogen) atoms. The van der Waals surface area contributed by atoms with E-state index in [0.717, 1.165) is 21.4 Å². The molecular formula is C15H11BrN2. The van der Waals surface area contributed by atoms with Gasteiger partial charge in [0.1, 0.15) is 0 Å². The number of nitrogens with zero attached hydrogens (tertiary/aromatic N) is 2. The van der Waals surface area contributed by atoms with Gasteiger partial charge < -0.3 is 0 Å². The molecule has 0 bridgehead atoms. The summed E-state index contributed by atoms with van der Waals surface area (Å²) >= 11 is 3.43. The molecule has 1 aromatic heterocycles. The van der Waals surface area contributed by atoms with Crippen LogP contribution < -0.4 is 0 Å². The first-order chi connectivity index (χ1) is 8.83. The lowest BCUT2D eigenvalue weighted by Crippen LogP contribution is -1.94. The zero-order valence-electron chi connectivity index (χ0n) is 9.62. The van der Waals surface area contributed by atoms with E-state index in [1.54, 1.807) is 0 Å². The molecule has 0 spiro atoms. The third kappa shape index (κ3) is 2.22. The Labute approximate surface area is 114 Å².